The monoisotopic (exact) mass is 475 g/mol. The topological polar surface area (TPSA) is 86.0 Å². The fourth-order valence-corrected chi connectivity index (χ4v) is 2.99. The van der Waals surface area contributed by atoms with Crippen molar-refractivity contribution in [3.63, 3.8) is 0 Å². The van der Waals surface area contributed by atoms with E-state index in [1.54, 1.807) is 37.3 Å². The van der Waals surface area contributed by atoms with Gasteiger partial charge in [0.05, 0.1) is 12.2 Å². The summed E-state index contributed by atoms with van der Waals surface area (Å²) < 4.78 is 54.0. The van der Waals surface area contributed by atoms with Crippen molar-refractivity contribution in [3.05, 3.63) is 78.1 Å². The molecule has 0 bridgehead atoms. The molecular formula is C24H20F3NO6. The number of anilines is 1. The Kier molecular flexibility index (Phi) is 7.72. The molecule has 1 aromatic heterocycles. The smallest absolute Gasteiger partial charge is 0.416 e. The summed E-state index contributed by atoms with van der Waals surface area (Å²) in [7, 11) is 0. The van der Waals surface area contributed by atoms with Gasteiger partial charge in [-0.05, 0) is 43.3 Å². The van der Waals surface area contributed by atoms with Crippen molar-refractivity contribution in [2.24, 2.45) is 0 Å². The first kappa shape index (κ1) is 24.6. The first-order valence-corrected chi connectivity index (χ1v) is 10.1. The molecule has 0 N–H and O–H groups in total. The summed E-state index contributed by atoms with van der Waals surface area (Å²) in [5.41, 5.74) is -0.338. The lowest BCUT2D eigenvalue weighted by Crippen LogP contribution is -2.39. The quantitative estimate of drug-likeness (QED) is 0.439. The highest BCUT2D eigenvalue weighted by molar-refractivity contribution is 5.99. The number of nitrogens with zero attached hydrogens (tertiary/aromatic N) is 1. The van der Waals surface area contributed by atoms with Crippen LogP contribution in [0.25, 0.3) is 11.3 Å². The van der Waals surface area contributed by atoms with Crippen LogP contribution < -0.4 is 4.90 Å². The number of benzene rings is 2. The number of hydrogen-bond acceptors (Lipinski definition) is 6. The van der Waals surface area contributed by atoms with Gasteiger partial charge in [-0.3, -0.25) is 14.5 Å². The Labute approximate surface area is 192 Å². The van der Waals surface area contributed by atoms with E-state index in [2.05, 4.69) is 0 Å². The van der Waals surface area contributed by atoms with Gasteiger partial charge >= 0.3 is 18.1 Å². The average molecular weight is 475 g/mol. The van der Waals surface area contributed by atoms with E-state index >= 15 is 0 Å². The number of esters is 2. The standard InChI is InChI=1S/C24H20F3NO6/c1-2-32-22(30)14-28(18-9-4-3-5-10-18)21(29)15-33-23(31)20-12-11-19(34-20)16-7-6-8-17(13-16)24(25,26)27/h3-13H,2,14-15H2,1H3. The number of hydrogen-bond donors (Lipinski definition) is 0. The minimum absolute atomic E-state index is 0.0256. The summed E-state index contributed by atoms with van der Waals surface area (Å²) in [6.45, 7) is 0.685. The SMILES string of the molecule is CCOC(=O)CN(C(=O)COC(=O)c1ccc(-c2cccc(C(F)(F)F)c2)o1)c1ccccc1. The summed E-state index contributed by atoms with van der Waals surface area (Å²) in [6.07, 6.45) is -4.53. The fourth-order valence-electron chi connectivity index (χ4n) is 2.99. The van der Waals surface area contributed by atoms with Crippen LogP contribution in [-0.4, -0.2) is 37.6 Å². The van der Waals surface area contributed by atoms with E-state index in [9.17, 15) is 27.6 Å². The summed E-state index contributed by atoms with van der Waals surface area (Å²) in [5.74, 6) is -2.58. The van der Waals surface area contributed by atoms with Crippen molar-refractivity contribution in [2.75, 3.05) is 24.7 Å². The van der Waals surface area contributed by atoms with Gasteiger partial charge in [0.25, 0.3) is 5.91 Å². The zero-order valence-corrected chi connectivity index (χ0v) is 18.0. The third-order valence-electron chi connectivity index (χ3n) is 4.57. The Morgan fingerprint density at radius 1 is 0.941 bits per heavy atom. The van der Waals surface area contributed by atoms with Crippen LogP contribution in [0.15, 0.2) is 71.1 Å². The first-order valence-electron chi connectivity index (χ1n) is 10.1. The molecule has 34 heavy (non-hydrogen) atoms. The molecule has 10 heteroatoms. The van der Waals surface area contributed by atoms with Crippen molar-refractivity contribution in [3.8, 4) is 11.3 Å². The summed E-state index contributed by atoms with van der Waals surface area (Å²) in [5, 5.41) is 0. The molecule has 0 saturated carbocycles. The van der Waals surface area contributed by atoms with Crippen LogP contribution in [0.4, 0.5) is 18.9 Å². The van der Waals surface area contributed by atoms with E-state index in [0.717, 1.165) is 17.0 Å². The summed E-state index contributed by atoms with van der Waals surface area (Å²) in [4.78, 5) is 38.0. The van der Waals surface area contributed by atoms with Gasteiger partial charge in [-0.2, -0.15) is 13.2 Å². The van der Waals surface area contributed by atoms with Crippen LogP contribution in [0.3, 0.4) is 0 Å². The molecule has 1 heterocycles. The number of carbonyl (C=O) groups is 3. The lowest BCUT2D eigenvalue weighted by atomic mass is 10.1. The molecule has 0 aliphatic carbocycles. The number of carbonyl (C=O) groups excluding carboxylic acids is 3. The molecule has 0 radical (unpaired) electrons. The lowest BCUT2D eigenvalue weighted by molar-refractivity contribution is -0.142. The number of amides is 1. The van der Waals surface area contributed by atoms with E-state index in [1.165, 1.54) is 24.3 Å². The molecule has 1 amide bonds. The van der Waals surface area contributed by atoms with Gasteiger partial charge in [0.15, 0.2) is 6.61 Å². The lowest BCUT2D eigenvalue weighted by Gasteiger charge is -2.21. The van der Waals surface area contributed by atoms with E-state index in [4.69, 9.17) is 13.9 Å². The van der Waals surface area contributed by atoms with Crippen LogP contribution in [0.5, 0.6) is 0 Å². The van der Waals surface area contributed by atoms with Gasteiger partial charge in [-0.25, -0.2) is 4.79 Å². The second kappa shape index (κ2) is 10.7. The van der Waals surface area contributed by atoms with Crippen molar-refractivity contribution in [1.82, 2.24) is 0 Å². The Balaban J connectivity index is 1.68. The van der Waals surface area contributed by atoms with Gasteiger partial charge in [-0.1, -0.05) is 30.3 Å². The van der Waals surface area contributed by atoms with Crippen LogP contribution >= 0.6 is 0 Å². The largest absolute Gasteiger partial charge is 0.465 e. The van der Waals surface area contributed by atoms with Crippen LogP contribution in [0, 0.1) is 0 Å². The Morgan fingerprint density at radius 3 is 2.35 bits per heavy atom. The molecular weight excluding hydrogens is 455 g/mol. The summed E-state index contributed by atoms with van der Waals surface area (Å²) in [6, 6.07) is 15.3. The Hall–Kier alpha value is -4.08. The zero-order valence-electron chi connectivity index (χ0n) is 18.0. The highest BCUT2D eigenvalue weighted by Crippen LogP contribution is 2.32. The molecule has 3 aromatic rings. The van der Waals surface area contributed by atoms with E-state index in [1.807, 2.05) is 0 Å². The summed E-state index contributed by atoms with van der Waals surface area (Å²) >= 11 is 0. The first-order chi connectivity index (χ1) is 16.2. The molecule has 7 nitrogen and oxygen atoms in total. The normalized spacial score (nSPS) is 11.1. The molecule has 0 unspecified atom stereocenters. The highest BCUT2D eigenvalue weighted by Gasteiger charge is 2.30. The predicted octanol–water partition coefficient (Wildman–Crippen LogP) is 4.72. The number of furan rings is 1. The number of halogens is 3. The number of para-hydroxylation sites is 1. The maximum atomic E-state index is 12.9. The average Bonchev–Trinajstić information content (AvgIpc) is 3.32. The second-order valence-electron chi connectivity index (χ2n) is 6.94. The van der Waals surface area contributed by atoms with E-state index in [0.29, 0.717) is 5.69 Å². The highest BCUT2D eigenvalue weighted by atomic mass is 19.4. The third-order valence-corrected chi connectivity index (χ3v) is 4.57. The second-order valence-corrected chi connectivity index (χ2v) is 6.94. The van der Waals surface area contributed by atoms with Crippen LogP contribution in [-0.2, 0) is 25.2 Å². The van der Waals surface area contributed by atoms with Gasteiger partial charge in [0.2, 0.25) is 5.76 Å². The number of alkyl halides is 3. The molecule has 3 rings (SSSR count). The van der Waals surface area contributed by atoms with Crippen LogP contribution in [0.1, 0.15) is 23.0 Å². The van der Waals surface area contributed by atoms with Crippen molar-refractivity contribution in [1.29, 1.82) is 0 Å². The molecule has 0 spiro atoms. The fraction of sp³-hybridized carbons (Fsp3) is 0.208. The minimum Gasteiger partial charge on any atom is -0.465 e. The van der Waals surface area contributed by atoms with E-state index < -0.39 is 36.2 Å². The molecule has 178 valence electrons. The maximum absolute atomic E-state index is 12.9. The molecule has 0 aliphatic heterocycles. The zero-order chi connectivity index (χ0) is 24.7. The molecule has 0 fully saturated rings. The van der Waals surface area contributed by atoms with Crippen molar-refractivity contribution in [2.45, 2.75) is 13.1 Å². The predicted molar refractivity (Wildman–Crippen MR) is 115 cm³/mol. The van der Waals surface area contributed by atoms with Crippen molar-refractivity contribution < 1.29 is 41.4 Å². The number of ether oxygens (including phenoxy) is 2. The molecule has 0 saturated heterocycles. The van der Waals surface area contributed by atoms with Crippen molar-refractivity contribution >= 4 is 23.5 Å². The Bertz CT molecular complexity index is 1160. The molecule has 2 aromatic carbocycles. The van der Waals surface area contributed by atoms with Gasteiger partial charge < -0.3 is 13.9 Å². The van der Waals surface area contributed by atoms with Gasteiger partial charge in [-0.15, -0.1) is 0 Å². The maximum Gasteiger partial charge on any atom is 0.416 e. The molecule has 0 aliphatic rings. The van der Waals surface area contributed by atoms with E-state index in [-0.39, 0.29) is 30.2 Å². The molecule has 0 atom stereocenters. The number of rotatable bonds is 8. The van der Waals surface area contributed by atoms with Crippen LogP contribution in [0.2, 0.25) is 0 Å². The minimum atomic E-state index is -4.53. The van der Waals surface area contributed by atoms with Gasteiger partial charge in [0.1, 0.15) is 12.3 Å². The van der Waals surface area contributed by atoms with Gasteiger partial charge in [0, 0.05) is 11.3 Å². The third kappa shape index (κ3) is 6.25. The Morgan fingerprint density at radius 2 is 1.68 bits per heavy atom.